The van der Waals surface area contributed by atoms with Gasteiger partial charge in [0.15, 0.2) is 10.9 Å². The van der Waals surface area contributed by atoms with Crippen molar-refractivity contribution in [1.29, 1.82) is 0 Å². The predicted octanol–water partition coefficient (Wildman–Crippen LogP) is 1.82. The van der Waals surface area contributed by atoms with Crippen LogP contribution < -0.4 is 0 Å². The van der Waals surface area contributed by atoms with Gasteiger partial charge in [-0.3, -0.25) is 4.79 Å². The third kappa shape index (κ3) is 2.15. The molecule has 0 aliphatic heterocycles. The summed E-state index contributed by atoms with van der Waals surface area (Å²) in [5.41, 5.74) is 0. The number of carbonyl (C=O) groups excluding carboxylic acids is 1. The fourth-order valence-electron chi connectivity index (χ4n) is 1.11. The van der Waals surface area contributed by atoms with Gasteiger partial charge in [0.2, 0.25) is 0 Å². The van der Waals surface area contributed by atoms with Crippen LogP contribution in [0.25, 0.3) is 0 Å². The van der Waals surface area contributed by atoms with E-state index in [0.717, 1.165) is 11.3 Å². The monoisotopic (exact) mass is 192 g/mol. The zero-order valence-corrected chi connectivity index (χ0v) is 7.75. The average molecular weight is 192 g/mol. The van der Waals surface area contributed by atoms with E-state index in [1.54, 1.807) is 24.5 Å². The van der Waals surface area contributed by atoms with E-state index in [4.69, 9.17) is 0 Å². The second kappa shape index (κ2) is 3.70. The van der Waals surface area contributed by atoms with Gasteiger partial charge in [-0.05, 0) is 23.5 Å². The third-order valence-electron chi connectivity index (χ3n) is 1.70. The van der Waals surface area contributed by atoms with E-state index in [0.29, 0.717) is 11.6 Å². The van der Waals surface area contributed by atoms with Gasteiger partial charge in [0, 0.05) is 18.8 Å². The van der Waals surface area contributed by atoms with Crippen LogP contribution in [0.2, 0.25) is 0 Å². The molecule has 2 rings (SSSR count). The minimum atomic E-state index is 0.207. The molecular formula is C9H8N2OS. The van der Waals surface area contributed by atoms with Crippen LogP contribution in [0.1, 0.15) is 12.8 Å². The Balaban J connectivity index is 2.07. The van der Waals surface area contributed by atoms with Crippen molar-refractivity contribution in [2.24, 2.45) is 0 Å². The molecule has 0 fully saturated rings. The first-order chi connectivity index (χ1) is 6.34. The molecule has 3 nitrogen and oxygen atoms in total. The Morgan fingerprint density at radius 3 is 2.62 bits per heavy atom. The van der Waals surface area contributed by atoms with Gasteiger partial charge in [0.1, 0.15) is 0 Å². The highest BCUT2D eigenvalue weighted by molar-refractivity contribution is 8.03. The lowest BCUT2D eigenvalue weighted by atomic mass is 10.3. The second-order valence-electron chi connectivity index (χ2n) is 2.71. The molecule has 0 saturated carbocycles. The number of carbonyl (C=O) groups is 1. The summed E-state index contributed by atoms with van der Waals surface area (Å²) in [6.07, 6.45) is 6.55. The molecule has 0 unspecified atom stereocenters. The van der Waals surface area contributed by atoms with E-state index in [-0.39, 0.29) is 5.78 Å². The summed E-state index contributed by atoms with van der Waals surface area (Å²) in [5, 5.41) is 0.712. The van der Waals surface area contributed by atoms with Crippen molar-refractivity contribution in [1.82, 2.24) is 9.97 Å². The highest BCUT2D eigenvalue weighted by atomic mass is 32.2. The molecule has 0 atom stereocenters. The number of nitrogens with zero attached hydrogens (tertiary/aromatic N) is 2. The highest BCUT2D eigenvalue weighted by Crippen LogP contribution is 2.30. The zero-order valence-electron chi connectivity index (χ0n) is 6.93. The Kier molecular flexibility index (Phi) is 2.40. The largest absolute Gasteiger partial charge is 0.295 e. The standard InChI is InChI=1S/C9H8N2OS/c12-7-2-3-8(6-7)13-9-10-4-1-5-11-9/h1,4-6H,2-3H2. The van der Waals surface area contributed by atoms with E-state index in [1.807, 2.05) is 0 Å². The number of allylic oxidation sites excluding steroid dienone is 2. The number of rotatable bonds is 2. The first-order valence-electron chi connectivity index (χ1n) is 4.03. The second-order valence-corrected chi connectivity index (χ2v) is 3.80. The zero-order chi connectivity index (χ0) is 9.10. The smallest absolute Gasteiger partial charge is 0.192 e. The molecule has 4 heteroatoms. The van der Waals surface area contributed by atoms with Gasteiger partial charge in [0.25, 0.3) is 0 Å². The summed E-state index contributed by atoms with van der Waals surface area (Å²) >= 11 is 1.47. The van der Waals surface area contributed by atoms with Gasteiger partial charge in [-0.25, -0.2) is 9.97 Å². The van der Waals surface area contributed by atoms with Gasteiger partial charge in [-0.15, -0.1) is 0 Å². The van der Waals surface area contributed by atoms with Crippen molar-refractivity contribution in [2.45, 2.75) is 18.0 Å². The highest BCUT2D eigenvalue weighted by Gasteiger charge is 2.13. The molecule has 0 saturated heterocycles. The maximum atomic E-state index is 10.9. The molecule has 13 heavy (non-hydrogen) atoms. The normalized spacial score (nSPS) is 16.0. The van der Waals surface area contributed by atoms with Crippen LogP contribution in [-0.4, -0.2) is 15.8 Å². The first kappa shape index (κ1) is 8.44. The molecule has 0 radical (unpaired) electrons. The molecule has 0 aromatic carbocycles. The Bertz CT molecular complexity index is 348. The fraction of sp³-hybridized carbons (Fsp3) is 0.222. The maximum Gasteiger partial charge on any atom is 0.192 e. The van der Waals surface area contributed by atoms with Crippen molar-refractivity contribution in [3.63, 3.8) is 0 Å². The summed E-state index contributed by atoms with van der Waals surface area (Å²) in [6.45, 7) is 0. The van der Waals surface area contributed by atoms with Gasteiger partial charge in [-0.1, -0.05) is 11.8 Å². The number of hydrogen-bond donors (Lipinski definition) is 0. The van der Waals surface area contributed by atoms with Crippen LogP contribution in [-0.2, 0) is 4.79 Å². The number of ketones is 1. The van der Waals surface area contributed by atoms with Crippen molar-refractivity contribution in [2.75, 3.05) is 0 Å². The van der Waals surface area contributed by atoms with Gasteiger partial charge in [0.05, 0.1) is 0 Å². The van der Waals surface area contributed by atoms with Gasteiger partial charge >= 0.3 is 0 Å². The summed E-state index contributed by atoms with van der Waals surface area (Å²) in [6, 6.07) is 1.78. The molecule has 1 aromatic rings. The maximum absolute atomic E-state index is 10.9. The Hall–Kier alpha value is -1.16. The van der Waals surface area contributed by atoms with E-state index in [1.165, 1.54) is 11.8 Å². The summed E-state index contributed by atoms with van der Waals surface area (Å²) in [7, 11) is 0. The predicted molar refractivity (Wildman–Crippen MR) is 50.2 cm³/mol. The van der Waals surface area contributed by atoms with Crippen LogP contribution >= 0.6 is 11.8 Å². The van der Waals surface area contributed by atoms with Crippen LogP contribution in [0.4, 0.5) is 0 Å². The molecule has 0 bridgehead atoms. The van der Waals surface area contributed by atoms with E-state index < -0.39 is 0 Å². The molecular weight excluding hydrogens is 184 g/mol. The minimum absolute atomic E-state index is 0.207. The topological polar surface area (TPSA) is 42.9 Å². The molecule has 0 amide bonds. The molecule has 0 spiro atoms. The van der Waals surface area contributed by atoms with Crippen molar-refractivity contribution >= 4 is 17.5 Å². The quantitative estimate of drug-likeness (QED) is 0.670. The molecule has 66 valence electrons. The van der Waals surface area contributed by atoms with Crippen molar-refractivity contribution < 1.29 is 4.79 Å². The average Bonchev–Trinajstić information content (AvgIpc) is 2.53. The minimum Gasteiger partial charge on any atom is -0.295 e. The van der Waals surface area contributed by atoms with E-state index in [9.17, 15) is 4.79 Å². The summed E-state index contributed by atoms with van der Waals surface area (Å²) in [4.78, 5) is 20.1. The molecule has 0 N–H and O–H groups in total. The van der Waals surface area contributed by atoms with E-state index >= 15 is 0 Å². The van der Waals surface area contributed by atoms with E-state index in [2.05, 4.69) is 9.97 Å². The molecule has 1 heterocycles. The van der Waals surface area contributed by atoms with Gasteiger partial charge in [-0.2, -0.15) is 0 Å². The van der Waals surface area contributed by atoms with Crippen molar-refractivity contribution in [3.05, 3.63) is 29.4 Å². The Morgan fingerprint density at radius 1 is 1.23 bits per heavy atom. The molecule has 1 aromatic heterocycles. The number of hydrogen-bond acceptors (Lipinski definition) is 4. The summed E-state index contributed by atoms with van der Waals surface area (Å²) < 4.78 is 0. The lowest BCUT2D eigenvalue weighted by Gasteiger charge is -1.97. The fourth-order valence-corrected chi connectivity index (χ4v) is 1.96. The van der Waals surface area contributed by atoms with Crippen LogP contribution in [0.3, 0.4) is 0 Å². The third-order valence-corrected chi connectivity index (χ3v) is 2.68. The summed E-state index contributed by atoms with van der Waals surface area (Å²) in [5.74, 6) is 0.207. The van der Waals surface area contributed by atoms with Crippen LogP contribution in [0, 0.1) is 0 Å². The van der Waals surface area contributed by atoms with Crippen molar-refractivity contribution in [3.8, 4) is 0 Å². The SMILES string of the molecule is O=C1C=C(Sc2ncccn2)CC1. The number of aromatic nitrogens is 2. The molecule has 1 aliphatic carbocycles. The Morgan fingerprint density at radius 2 is 2.00 bits per heavy atom. The number of thioether (sulfide) groups is 1. The lowest BCUT2D eigenvalue weighted by molar-refractivity contribution is -0.114. The van der Waals surface area contributed by atoms with Gasteiger partial charge < -0.3 is 0 Å². The van der Waals surface area contributed by atoms with Crippen LogP contribution in [0.15, 0.2) is 34.6 Å². The van der Waals surface area contributed by atoms with Crippen LogP contribution in [0.5, 0.6) is 0 Å². The lowest BCUT2D eigenvalue weighted by Crippen LogP contribution is -1.82. The Labute approximate surface area is 80.3 Å². The first-order valence-corrected chi connectivity index (χ1v) is 4.84. The molecule has 1 aliphatic rings.